The van der Waals surface area contributed by atoms with E-state index in [1.54, 1.807) is 11.8 Å². The predicted molar refractivity (Wildman–Crippen MR) is 59.4 cm³/mol. The smallest absolute Gasteiger partial charge is 0.119 e. The Kier molecular flexibility index (Phi) is 2.68. The van der Waals surface area contributed by atoms with Gasteiger partial charge in [-0.2, -0.15) is 0 Å². The van der Waals surface area contributed by atoms with Gasteiger partial charge in [-0.25, -0.2) is 0 Å². The van der Waals surface area contributed by atoms with Crippen LogP contribution in [0.15, 0.2) is 34.2 Å². The Morgan fingerprint density at radius 3 is 3.14 bits per heavy atom. The van der Waals surface area contributed by atoms with E-state index in [0.717, 1.165) is 17.2 Å². The van der Waals surface area contributed by atoms with Crippen LogP contribution in [-0.2, 0) is 6.42 Å². The molecule has 3 heteroatoms. The first-order valence-corrected chi connectivity index (χ1v) is 5.50. The van der Waals surface area contributed by atoms with Crippen molar-refractivity contribution in [2.75, 3.05) is 6.61 Å². The van der Waals surface area contributed by atoms with Gasteiger partial charge in [-0.3, -0.25) is 0 Å². The molecule has 2 nitrogen and oxygen atoms in total. The maximum Gasteiger partial charge on any atom is 0.119 e. The van der Waals surface area contributed by atoms with Crippen molar-refractivity contribution >= 4 is 11.8 Å². The second-order valence-corrected chi connectivity index (χ2v) is 4.23. The summed E-state index contributed by atoms with van der Waals surface area (Å²) in [5.41, 5.74) is 7.04. The van der Waals surface area contributed by atoms with E-state index in [0.29, 0.717) is 6.61 Å². The highest BCUT2D eigenvalue weighted by molar-refractivity contribution is 8.03. The molecule has 0 spiro atoms. The minimum absolute atomic E-state index is 0.712. The summed E-state index contributed by atoms with van der Waals surface area (Å²) in [6, 6.07) is 6.16. The Balaban J connectivity index is 2.26. The van der Waals surface area contributed by atoms with Crippen molar-refractivity contribution < 1.29 is 4.74 Å². The molecule has 1 aromatic rings. The summed E-state index contributed by atoms with van der Waals surface area (Å²) in [6.45, 7) is 2.70. The summed E-state index contributed by atoms with van der Waals surface area (Å²) < 4.78 is 5.44. The van der Waals surface area contributed by atoms with E-state index in [4.69, 9.17) is 10.5 Å². The number of hydrogen-bond donors (Lipinski definition) is 1. The molecule has 0 amide bonds. The lowest BCUT2D eigenvalue weighted by Crippen LogP contribution is -2.01. The van der Waals surface area contributed by atoms with Crippen LogP contribution in [0.1, 0.15) is 12.5 Å². The summed E-state index contributed by atoms with van der Waals surface area (Å²) in [6.07, 6.45) is 2.96. The van der Waals surface area contributed by atoms with Crippen LogP contribution in [0.25, 0.3) is 0 Å². The number of allylic oxidation sites excluding steroid dienone is 1. The number of hydrogen-bond acceptors (Lipinski definition) is 3. The van der Waals surface area contributed by atoms with Crippen LogP contribution in [0.4, 0.5) is 0 Å². The highest BCUT2D eigenvalue weighted by atomic mass is 32.2. The fourth-order valence-electron chi connectivity index (χ4n) is 1.45. The molecule has 1 aliphatic rings. The van der Waals surface area contributed by atoms with Crippen LogP contribution in [0.2, 0.25) is 0 Å². The molecule has 0 saturated carbocycles. The Morgan fingerprint density at radius 1 is 1.50 bits per heavy atom. The molecule has 0 fully saturated rings. The molecule has 0 bridgehead atoms. The normalized spacial score (nSPS) is 14.5. The van der Waals surface area contributed by atoms with Crippen molar-refractivity contribution in [3.63, 3.8) is 0 Å². The quantitative estimate of drug-likeness (QED) is 0.809. The van der Waals surface area contributed by atoms with Gasteiger partial charge in [0, 0.05) is 4.90 Å². The van der Waals surface area contributed by atoms with Crippen molar-refractivity contribution in [1.29, 1.82) is 0 Å². The lowest BCUT2D eigenvalue weighted by molar-refractivity contribution is 0.339. The summed E-state index contributed by atoms with van der Waals surface area (Å²) in [5.74, 6) is 0.945. The largest absolute Gasteiger partial charge is 0.494 e. The Labute approximate surface area is 88.1 Å². The number of thioether (sulfide) groups is 1. The third kappa shape index (κ3) is 1.87. The fourth-order valence-corrected chi connectivity index (χ4v) is 2.28. The summed E-state index contributed by atoms with van der Waals surface area (Å²) in [7, 11) is 0. The molecule has 0 aliphatic carbocycles. The maximum atomic E-state index is 5.74. The molecule has 0 radical (unpaired) electrons. The molecule has 1 aliphatic heterocycles. The van der Waals surface area contributed by atoms with Gasteiger partial charge in [0.2, 0.25) is 0 Å². The molecule has 14 heavy (non-hydrogen) atoms. The minimum Gasteiger partial charge on any atom is -0.494 e. The molecular weight excluding hydrogens is 194 g/mol. The van der Waals surface area contributed by atoms with E-state index >= 15 is 0 Å². The minimum atomic E-state index is 0.712. The van der Waals surface area contributed by atoms with E-state index in [1.807, 2.05) is 19.1 Å². The first-order valence-electron chi connectivity index (χ1n) is 4.69. The van der Waals surface area contributed by atoms with E-state index < -0.39 is 0 Å². The van der Waals surface area contributed by atoms with Crippen molar-refractivity contribution in [2.24, 2.45) is 5.73 Å². The lowest BCUT2D eigenvalue weighted by atomic mass is 10.1. The average Bonchev–Trinajstić information content (AvgIpc) is 2.19. The van der Waals surface area contributed by atoms with E-state index in [2.05, 4.69) is 12.1 Å². The fraction of sp³-hybridized carbons (Fsp3) is 0.273. The molecule has 1 aromatic carbocycles. The molecule has 0 atom stereocenters. The first kappa shape index (κ1) is 9.46. The van der Waals surface area contributed by atoms with Crippen molar-refractivity contribution in [3.8, 4) is 5.75 Å². The monoisotopic (exact) mass is 207 g/mol. The Bertz CT molecular complexity index is 374. The van der Waals surface area contributed by atoms with Gasteiger partial charge in [0.15, 0.2) is 0 Å². The third-order valence-corrected chi connectivity index (χ3v) is 3.11. The van der Waals surface area contributed by atoms with Gasteiger partial charge in [-0.05, 0) is 37.1 Å². The van der Waals surface area contributed by atoms with Gasteiger partial charge in [0.1, 0.15) is 5.75 Å². The van der Waals surface area contributed by atoms with E-state index in [-0.39, 0.29) is 0 Å². The van der Waals surface area contributed by atoms with Gasteiger partial charge in [0.25, 0.3) is 0 Å². The van der Waals surface area contributed by atoms with Crippen molar-refractivity contribution in [2.45, 2.75) is 18.2 Å². The zero-order valence-corrected chi connectivity index (χ0v) is 8.93. The van der Waals surface area contributed by atoms with Crippen molar-refractivity contribution in [3.05, 3.63) is 34.9 Å². The summed E-state index contributed by atoms with van der Waals surface area (Å²) in [5, 5.41) is 0.890. The topological polar surface area (TPSA) is 35.2 Å². The molecule has 0 unspecified atom stereocenters. The zero-order chi connectivity index (χ0) is 9.97. The highest BCUT2D eigenvalue weighted by Gasteiger charge is 2.10. The maximum absolute atomic E-state index is 5.74. The number of ether oxygens (including phenoxy) is 1. The van der Waals surface area contributed by atoms with Gasteiger partial charge >= 0.3 is 0 Å². The molecule has 0 aromatic heterocycles. The number of benzene rings is 1. The van der Waals surface area contributed by atoms with E-state index in [9.17, 15) is 0 Å². The molecular formula is C11H13NOS. The van der Waals surface area contributed by atoms with Crippen molar-refractivity contribution in [1.82, 2.24) is 0 Å². The SMILES string of the molecule is CCOc1ccc2c(c1)CC=C(N)S2. The van der Waals surface area contributed by atoms with E-state index in [1.165, 1.54) is 10.5 Å². The second-order valence-electron chi connectivity index (χ2n) is 3.12. The number of fused-ring (bicyclic) bond motifs is 1. The molecule has 2 N–H and O–H groups in total. The molecule has 2 rings (SSSR count). The molecule has 1 heterocycles. The lowest BCUT2D eigenvalue weighted by Gasteiger charge is -2.14. The van der Waals surface area contributed by atoms with Gasteiger partial charge in [-0.1, -0.05) is 17.8 Å². The van der Waals surface area contributed by atoms with Gasteiger partial charge in [0.05, 0.1) is 11.6 Å². The van der Waals surface area contributed by atoms with Gasteiger partial charge in [-0.15, -0.1) is 0 Å². The van der Waals surface area contributed by atoms with Crippen LogP contribution in [0.5, 0.6) is 5.75 Å². The van der Waals surface area contributed by atoms with Crippen LogP contribution in [0.3, 0.4) is 0 Å². The predicted octanol–water partition coefficient (Wildman–Crippen LogP) is 2.53. The number of rotatable bonds is 2. The highest BCUT2D eigenvalue weighted by Crippen LogP contribution is 2.34. The molecule has 0 saturated heterocycles. The van der Waals surface area contributed by atoms with Crippen LogP contribution >= 0.6 is 11.8 Å². The summed E-state index contributed by atoms with van der Waals surface area (Å²) in [4.78, 5) is 1.24. The summed E-state index contributed by atoms with van der Waals surface area (Å²) >= 11 is 1.62. The Hall–Kier alpha value is -1.09. The second kappa shape index (κ2) is 3.96. The van der Waals surface area contributed by atoms with Gasteiger partial charge < -0.3 is 10.5 Å². The zero-order valence-electron chi connectivity index (χ0n) is 8.12. The average molecular weight is 207 g/mol. The Morgan fingerprint density at radius 2 is 2.36 bits per heavy atom. The van der Waals surface area contributed by atoms with Crippen LogP contribution < -0.4 is 10.5 Å². The standard InChI is InChI=1S/C11H13NOS/c1-2-13-9-4-5-10-8(7-9)3-6-11(12)14-10/h4-7H,2-3,12H2,1H3. The first-order chi connectivity index (χ1) is 6.79. The molecule has 74 valence electrons. The van der Waals surface area contributed by atoms with Crippen LogP contribution in [-0.4, -0.2) is 6.61 Å². The van der Waals surface area contributed by atoms with Crippen LogP contribution in [0, 0.1) is 0 Å². The third-order valence-electron chi connectivity index (χ3n) is 2.09. The number of nitrogens with two attached hydrogens (primary N) is 1.